The summed E-state index contributed by atoms with van der Waals surface area (Å²) in [5.41, 5.74) is 6.79. The van der Waals surface area contributed by atoms with Crippen LogP contribution in [-0.2, 0) is 20.9 Å². The molecule has 5 aliphatic heterocycles. The lowest BCUT2D eigenvalue weighted by Gasteiger charge is -2.39. The number of aliphatic hydroxyl groups excluding tert-OH is 1. The molecule has 5 amide bonds. The van der Waals surface area contributed by atoms with E-state index in [0.29, 0.717) is 24.7 Å². The largest absolute Gasteiger partial charge is 0.493 e. The van der Waals surface area contributed by atoms with Gasteiger partial charge >= 0.3 is 0 Å². The third-order valence-corrected chi connectivity index (χ3v) is 13.2. The number of piperazine rings is 1. The lowest BCUT2D eigenvalue weighted by atomic mass is 9.82. The van der Waals surface area contributed by atoms with Gasteiger partial charge in [0.1, 0.15) is 11.8 Å². The number of nitrogens with one attached hydrogen (secondary N) is 3. The maximum atomic E-state index is 13.4. The molecule has 0 bridgehead atoms. The van der Waals surface area contributed by atoms with Crippen molar-refractivity contribution in [1.29, 1.82) is 0 Å². The molecule has 3 aromatic carbocycles. The molecule has 0 radical (unpaired) electrons. The molecule has 1 aromatic heterocycles. The summed E-state index contributed by atoms with van der Waals surface area (Å²) in [4.78, 5) is 76.1. The van der Waals surface area contributed by atoms with Crippen LogP contribution in [0.5, 0.6) is 5.75 Å². The van der Waals surface area contributed by atoms with E-state index >= 15 is 0 Å². The van der Waals surface area contributed by atoms with Crippen molar-refractivity contribution in [3.63, 3.8) is 0 Å². The first kappa shape index (κ1) is 42.3. The van der Waals surface area contributed by atoms with Crippen LogP contribution in [-0.4, -0.2) is 130 Å². The van der Waals surface area contributed by atoms with Gasteiger partial charge in [-0.1, -0.05) is 24.3 Å². The van der Waals surface area contributed by atoms with Gasteiger partial charge in [0, 0.05) is 87.8 Å². The first-order valence-electron chi connectivity index (χ1n) is 22.2. The SMILES string of the molecule is O=C1CCC(N2C(=O)c3cccc(OCCCN4CCN(CCCC(=O)Nc5cccc(-c6ccc7c(c6)[C@H]6[C@H](CCN6Cc6ccncc6)[C@@H](CO)N7)c5)CC4)c3C2=O)C(=O)N1. The second-order valence-corrected chi connectivity index (χ2v) is 17.2. The maximum absolute atomic E-state index is 13.4. The molecule has 4 N–H and O–H groups in total. The molecular weight excluding hydrogens is 801 g/mol. The van der Waals surface area contributed by atoms with E-state index in [-0.39, 0.29) is 48.6 Å². The minimum Gasteiger partial charge on any atom is -0.493 e. The van der Waals surface area contributed by atoms with Crippen molar-refractivity contribution < 1.29 is 33.8 Å². The molecule has 0 spiro atoms. The number of piperidine rings is 1. The lowest BCUT2D eigenvalue weighted by molar-refractivity contribution is -0.136. The van der Waals surface area contributed by atoms with Gasteiger partial charge in [0.2, 0.25) is 17.7 Å². The molecule has 5 aliphatic rings. The quantitative estimate of drug-likeness (QED) is 0.0987. The predicted octanol–water partition coefficient (Wildman–Crippen LogP) is 4.30. The fourth-order valence-electron chi connectivity index (χ4n) is 10.0. The van der Waals surface area contributed by atoms with Gasteiger partial charge in [-0.25, -0.2) is 0 Å². The van der Waals surface area contributed by atoms with Gasteiger partial charge < -0.3 is 30.3 Å². The number of hydrogen-bond acceptors (Lipinski definition) is 12. The molecule has 328 valence electrons. The first-order valence-corrected chi connectivity index (χ1v) is 22.2. The summed E-state index contributed by atoms with van der Waals surface area (Å²) in [6.45, 7) is 7.51. The summed E-state index contributed by atoms with van der Waals surface area (Å²) in [6, 6.07) is 22.8. The van der Waals surface area contributed by atoms with Crippen molar-refractivity contribution >= 4 is 40.9 Å². The number of carbonyl (C=O) groups excluding carboxylic acids is 5. The zero-order chi connectivity index (χ0) is 43.5. The number of anilines is 2. The summed E-state index contributed by atoms with van der Waals surface area (Å²) in [7, 11) is 0. The van der Waals surface area contributed by atoms with Gasteiger partial charge in [-0.15, -0.1) is 0 Å². The normalized spacial score (nSPS) is 22.6. The van der Waals surface area contributed by atoms with Crippen LogP contribution in [0.25, 0.3) is 11.1 Å². The minimum absolute atomic E-state index is 0.00479. The molecule has 0 saturated carbocycles. The third-order valence-electron chi connectivity index (χ3n) is 13.2. The van der Waals surface area contributed by atoms with Gasteiger partial charge in [0.05, 0.1) is 30.4 Å². The van der Waals surface area contributed by atoms with E-state index in [1.165, 1.54) is 11.1 Å². The zero-order valence-electron chi connectivity index (χ0n) is 35.3. The fraction of sp³-hybridized carbons (Fsp3) is 0.417. The number of aromatic nitrogens is 1. The van der Waals surface area contributed by atoms with Crippen molar-refractivity contribution in [3.05, 3.63) is 107 Å². The topological polar surface area (TPSA) is 177 Å². The monoisotopic (exact) mass is 854 g/mol. The standard InChI is InChI=1S/C48H54N8O7/c57-30-39-35-16-21-55(29-31-14-17-49-18-15-31)45(35)37-28-33(10-11-38(37)51-39)32-5-1-6-34(27-32)50-42(58)9-3-19-53-22-24-54(25-23-53)20-4-26-63-41-8-2-7-36-44(41)48(62)56(47(36)61)40-12-13-43(59)52-46(40)60/h1-2,5-8,10-11,14-15,17-18,27-28,35,39-40,45,51,57H,3-4,9,12-13,16,19-26,29-30H2,(H,50,58)(H,52,59,60)/t35-,39-,40?,45-/m1/s1. The number of imide groups is 2. The van der Waals surface area contributed by atoms with Crippen LogP contribution in [0.1, 0.15) is 76.4 Å². The van der Waals surface area contributed by atoms with Crippen LogP contribution in [0, 0.1) is 5.92 Å². The van der Waals surface area contributed by atoms with Crippen LogP contribution in [0.2, 0.25) is 0 Å². The number of aliphatic hydroxyl groups is 1. The van der Waals surface area contributed by atoms with Gasteiger partial charge in [-0.05, 0) is 110 Å². The molecule has 4 atom stereocenters. The zero-order valence-corrected chi connectivity index (χ0v) is 35.3. The minimum atomic E-state index is -1.02. The fourth-order valence-corrected chi connectivity index (χ4v) is 10.0. The van der Waals surface area contributed by atoms with Crippen molar-refractivity contribution in [2.45, 2.75) is 63.2 Å². The number of fused-ring (bicyclic) bond motifs is 4. The number of rotatable bonds is 15. The molecule has 3 saturated heterocycles. The maximum Gasteiger partial charge on any atom is 0.266 e. The smallest absolute Gasteiger partial charge is 0.266 e. The van der Waals surface area contributed by atoms with Gasteiger partial charge in [0.25, 0.3) is 11.8 Å². The highest BCUT2D eigenvalue weighted by atomic mass is 16.5. The molecule has 9 rings (SSSR count). The molecule has 15 nitrogen and oxygen atoms in total. The van der Waals surface area contributed by atoms with Gasteiger partial charge in [-0.2, -0.15) is 0 Å². The molecular formula is C48H54N8O7. The number of amides is 5. The van der Waals surface area contributed by atoms with Crippen LogP contribution < -0.4 is 20.7 Å². The van der Waals surface area contributed by atoms with Crippen molar-refractivity contribution in [3.8, 4) is 16.9 Å². The Bertz CT molecular complexity index is 2370. The number of likely N-dealkylation sites (tertiary alicyclic amines) is 1. The average molecular weight is 855 g/mol. The summed E-state index contributed by atoms with van der Waals surface area (Å²) in [6.07, 6.45) is 6.77. The molecule has 63 heavy (non-hydrogen) atoms. The summed E-state index contributed by atoms with van der Waals surface area (Å²) < 4.78 is 6.03. The number of benzene rings is 3. The van der Waals surface area contributed by atoms with E-state index in [1.54, 1.807) is 18.2 Å². The van der Waals surface area contributed by atoms with Crippen LogP contribution in [0.3, 0.4) is 0 Å². The Morgan fingerprint density at radius 2 is 1.60 bits per heavy atom. The van der Waals surface area contributed by atoms with Crippen LogP contribution in [0.4, 0.5) is 11.4 Å². The molecule has 3 fully saturated rings. The second kappa shape index (κ2) is 18.8. The second-order valence-electron chi connectivity index (χ2n) is 17.2. The summed E-state index contributed by atoms with van der Waals surface area (Å²) in [5, 5.41) is 19.2. The Morgan fingerprint density at radius 3 is 2.38 bits per heavy atom. The number of pyridine rings is 1. The number of ether oxygens (including phenoxy) is 1. The summed E-state index contributed by atoms with van der Waals surface area (Å²) >= 11 is 0. The van der Waals surface area contributed by atoms with Crippen molar-refractivity contribution in [2.75, 3.05) is 69.7 Å². The Labute approximate surface area is 366 Å². The molecule has 0 aliphatic carbocycles. The third kappa shape index (κ3) is 9.09. The van der Waals surface area contributed by atoms with E-state index in [0.717, 1.165) is 99.0 Å². The van der Waals surface area contributed by atoms with E-state index in [1.807, 2.05) is 30.6 Å². The number of hydrogen-bond donors (Lipinski definition) is 4. The molecule has 6 heterocycles. The van der Waals surface area contributed by atoms with Gasteiger partial charge in [0.15, 0.2) is 0 Å². The lowest BCUT2D eigenvalue weighted by Crippen LogP contribution is -2.54. The molecule has 1 unspecified atom stereocenters. The van der Waals surface area contributed by atoms with Crippen molar-refractivity contribution in [2.24, 2.45) is 5.92 Å². The Kier molecular flexibility index (Phi) is 12.6. The van der Waals surface area contributed by atoms with E-state index in [2.05, 4.69) is 72.0 Å². The Morgan fingerprint density at radius 1 is 0.841 bits per heavy atom. The van der Waals surface area contributed by atoms with Crippen LogP contribution >= 0.6 is 0 Å². The van der Waals surface area contributed by atoms with Gasteiger partial charge in [-0.3, -0.25) is 44.1 Å². The number of carbonyl (C=O) groups is 5. The highest BCUT2D eigenvalue weighted by Gasteiger charge is 2.46. The Balaban J connectivity index is 0.713. The van der Waals surface area contributed by atoms with E-state index in [4.69, 9.17) is 4.74 Å². The molecule has 4 aromatic rings. The van der Waals surface area contributed by atoms with Crippen LogP contribution in [0.15, 0.2) is 85.2 Å². The molecule has 15 heteroatoms. The summed E-state index contributed by atoms with van der Waals surface area (Å²) in [5.74, 6) is -1.56. The van der Waals surface area contributed by atoms with Crippen molar-refractivity contribution in [1.82, 2.24) is 29.9 Å². The highest BCUT2D eigenvalue weighted by Crippen LogP contribution is 2.48. The van der Waals surface area contributed by atoms with E-state index in [9.17, 15) is 29.1 Å². The average Bonchev–Trinajstić information content (AvgIpc) is 3.83. The Hall–Kier alpha value is -6.00. The van der Waals surface area contributed by atoms with E-state index < -0.39 is 29.7 Å². The first-order chi connectivity index (χ1) is 30.7. The predicted molar refractivity (Wildman–Crippen MR) is 236 cm³/mol. The highest BCUT2D eigenvalue weighted by molar-refractivity contribution is 6.24. The number of nitrogens with zero attached hydrogens (tertiary/aromatic N) is 5.